The minimum Gasteiger partial charge on any atom is -0.327 e. The first-order chi connectivity index (χ1) is 4.68. The molecule has 0 radical (unpaired) electrons. The summed E-state index contributed by atoms with van der Waals surface area (Å²) in [5.74, 6) is 0. The minimum absolute atomic E-state index is 0.613. The highest BCUT2D eigenvalue weighted by molar-refractivity contribution is 4.85. The van der Waals surface area contributed by atoms with Crippen LogP contribution in [0.4, 0.5) is 0 Å². The van der Waals surface area contributed by atoms with Gasteiger partial charge in [0, 0.05) is 19.1 Å². The number of nitrogens with zero attached hydrogens (tertiary/aromatic N) is 1. The Morgan fingerprint density at radius 1 is 1.40 bits per heavy atom. The quantitative estimate of drug-likeness (QED) is 0.589. The predicted molar refractivity (Wildman–Crippen MR) is 46.0 cm³/mol. The Morgan fingerprint density at radius 3 is 2.40 bits per heavy atom. The van der Waals surface area contributed by atoms with Gasteiger partial charge in [-0.25, -0.2) is 0 Å². The maximum absolute atomic E-state index is 5.29. The summed E-state index contributed by atoms with van der Waals surface area (Å²) in [6.45, 7) is 5.99. The fourth-order valence-corrected chi connectivity index (χ4v) is 0.548. The molecule has 2 nitrogen and oxygen atoms in total. The molecule has 0 atom stereocenters. The monoisotopic (exact) mass is 142 g/mol. The van der Waals surface area contributed by atoms with Crippen LogP contribution in [0.5, 0.6) is 0 Å². The molecule has 0 unspecified atom stereocenters. The topological polar surface area (TPSA) is 29.3 Å². The van der Waals surface area contributed by atoms with Crippen molar-refractivity contribution in [2.75, 3.05) is 20.1 Å². The molecule has 0 spiro atoms. The Balaban J connectivity index is 3.38. The van der Waals surface area contributed by atoms with E-state index in [2.05, 4.69) is 31.9 Å². The number of nitrogens with two attached hydrogens (primary N) is 1. The van der Waals surface area contributed by atoms with Crippen molar-refractivity contribution in [3.05, 3.63) is 12.2 Å². The van der Waals surface area contributed by atoms with Gasteiger partial charge in [0.2, 0.25) is 0 Å². The van der Waals surface area contributed by atoms with Gasteiger partial charge in [-0.2, -0.15) is 0 Å². The third-order valence-electron chi connectivity index (χ3n) is 1.58. The molecule has 0 aliphatic carbocycles. The normalized spacial score (nSPS) is 12.2. The Labute approximate surface area is 63.7 Å². The van der Waals surface area contributed by atoms with Crippen LogP contribution in [0, 0.1) is 0 Å². The standard InChI is InChI=1S/C8H18N2/c1-8(2)10(3)7-5-4-6-9/h4-5,8H,6-7,9H2,1-3H3/b5-4+. The lowest BCUT2D eigenvalue weighted by Crippen LogP contribution is -2.26. The van der Waals surface area contributed by atoms with Crippen LogP contribution >= 0.6 is 0 Å². The van der Waals surface area contributed by atoms with Gasteiger partial charge in [-0.15, -0.1) is 0 Å². The van der Waals surface area contributed by atoms with Gasteiger partial charge in [-0.3, -0.25) is 0 Å². The van der Waals surface area contributed by atoms with Crippen LogP contribution in [0.15, 0.2) is 12.2 Å². The Kier molecular flexibility index (Phi) is 5.26. The molecule has 0 bridgehead atoms. The van der Waals surface area contributed by atoms with Crippen molar-refractivity contribution in [3.8, 4) is 0 Å². The van der Waals surface area contributed by atoms with Gasteiger partial charge >= 0.3 is 0 Å². The fourth-order valence-electron chi connectivity index (χ4n) is 0.548. The number of hydrogen-bond donors (Lipinski definition) is 1. The van der Waals surface area contributed by atoms with Gasteiger partial charge in [0.05, 0.1) is 0 Å². The zero-order chi connectivity index (χ0) is 7.98. The predicted octanol–water partition coefficient (Wildman–Crippen LogP) is 0.841. The summed E-state index contributed by atoms with van der Waals surface area (Å²) in [5, 5.41) is 0. The van der Waals surface area contributed by atoms with E-state index in [1.54, 1.807) is 0 Å². The highest BCUT2D eigenvalue weighted by atomic mass is 15.1. The maximum Gasteiger partial charge on any atom is 0.0163 e. The molecule has 0 saturated heterocycles. The van der Waals surface area contributed by atoms with Gasteiger partial charge < -0.3 is 10.6 Å². The average molecular weight is 142 g/mol. The van der Waals surface area contributed by atoms with E-state index in [0.717, 1.165) is 6.54 Å². The van der Waals surface area contributed by atoms with E-state index in [1.165, 1.54) is 0 Å². The Hall–Kier alpha value is -0.340. The Bertz CT molecular complexity index is 97.4. The lowest BCUT2D eigenvalue weighted by molar-refractivity contribution is 0.303. The van der Waals surface area contributed by atoms with Crippen molar-refractivity contribution >= 4 is 0 Å². The molecule has 0 aromatic heterocycles. The van der Waals surface area contributed by atoms with Crippen molar-refractivity contribution in [2.45, 2.75) is 19.9 Å². The van der Waals surface area contributed by atoms with Crippen molar-refractivity contribution in [2.24, 2.45) is 5.73 Å². The highest BCUT2D eigenvalue weighted by Crippen LogP contribution is 1.91. The van der Waals surface area contributed by atoms with Crippen molar-refractivity contribution in [1.29, 1.82) is 0 Å². The molecule has 0 aliphatic rings. The van der Waals surface area contributed by atoms with Gasteiger partial charge in [-0.05, 0) is 20.9 Å². The van der Waals surface area contributed by atoms with Gasteiger partial charge in [-0.1, -0.05) is 12.2 Å². The lowest BCUT2D eigenvalue weighted by Gasteiger charge is -2.18. The molecule has 0 aliphatic heterocycles. The van der Waals surface area contributed by atoms with Crippen LogP contribution in [0.1, 0.15) is 13.8 Å². The molecule has 2 heteroatoms. The summed E-state index contributed by atoms with van der Waals surface area (Å²) in [5.41, 5.74) is 5.29. The van der Waals surface area contributed by atoms with E-state index >= 15 is 0 Å². The molecular formula is C8H18N2. The molecule has 0 saturated carbocycles. The van der Waals surface area contributed by atoms with Crippen molar-refractivity contribution in [1.82, 2.24) is 4.90 Å². The molecule has 0 heterocycles. The smallest absolute Gasteiger partial charge is 0.0163 e. The first-order valence-corrected chi connectivity index (χ1v) is 3.73. The zero-order valence-corrected chi connectivity index (χ0v) is 7.17. The third-order valence-corrected chi connectivity index (χ3v) is 1.58. The van der Waals surface area contributed by atoms with Crippen molar-refractivity contribution in [3.63, 3.8) is 0 Å². The molecule has 0 rings (SSSR count). The van der Waals surface area contributed by atoms with E-state index < -0.39 is 0 Å². The van der Waals surface area contributed by atoms with Crippen LogP contribution < -0.4 is 5.73 Å². The van der Waals surface area contributed by atoms with Gasteiger partial charge in [0.1, 0.15) is 0 Å². The van der Waals surface area contributed by atoms with Crippen LogP contribution in [0.25, 0.3) is 0 Å². The SMILES string of the molecule is CC(C)N(C)C/C=C/CN. The largest absolute Gasteiger partial charge is 0.327 e. The molecule has 0 fully saturated rings. The molecular weight excluding hydrogens is 124 g/mol. The fraction of sp³-hybridized carbons (Fsp3) is 0.750. The third kappa shape index (κ3) is 4.53. The number of hydrogen-bond acceptors (Lipinski definition) is 2. The second-order valence-corrected chi connectivity index (χ2v) is 2.74. The molecule has 0 amide bonds. The summed E-state index contributed by atoms with van der Waals surface area (Å²) >= 11 is 0. The zero-order valence-electron chi connectivity index (χ0n) is 7.17. The molecule has 2 N–H and O–H groups in total. The summed E-state index contributed by atoms with van der Waals surface area (Å²) in [6.07, 6.45) is 4.08. The van der Waals surface area contributed by atoms with Crippen LogP contribution in [-0.2, 0) is 0 Å². The minimum atomic E-state index is 0.613. The second kappa shape index (κ2) is 5.45. The van der Waals surface area contributed by atoms with E-state index in [9.17, 15) is 0 Å². The Morgan fingerprint density at radius 2 is 2.00 bits per heavy atom. The highest BCUT2D eigenvalue weighted by Gasteiger charge is 1.97. The first-order valence-electron chi connectivity index (χ1n) is 3.73. The van der Waals surface area contributed by atoms with Gasteiger partial charge in [0.15, 0.2) is 0 Å². The maximum atomic E-state index is 5.29. The molecule has 0 aromatic rings. The first kappa shape index (κ1) is 9.66. The number of likely N-dealkylation sites (N-methyl/N-ethyl adjacent to an activating group) is 1. The van der Waals surface area contributed by atoms with E-state index in [1.807, 2.05) is 6.08 Å². The summed E-state index contributed by atoms with van der Waals surface area (Å²) < 4.78 is 0. The van der Waals surface area contributed by atoms with Crippen molar-refractivity contribution < 1.29 is 0 Å². The lowest BCUT2D eigenvalue weighted by atomic mass is 10.3. The van der Waals surface area contributed by atoms with Gasteiger partial charge in [0.25, 0.3) is 0 Å². The van der Waals surface area contributed by atoms with E-state index in [0.29, 0.717) is 12.6 Å². The van der Waals surface area contributed by atoms with Crippen LogP contribution in [-0.4, -0.2) is 31.1 Å². The number of rotatable bonds is 4. The second-order valence-electron chi connectivity index (χ2n) is 2.74. The molecule has 60 valence electrons. The summed E-state index contributed by atoms with van der Waals surface area (Å²) in [7, 11) is 2.10. The summed E-state index contributed by atoms with van der Waals surface area (Å²) in [4.78, 5) is 2.26. The summed E-state index contributed by atoms with van der Waals surface area (Å²) in [6, 6.07) is 0.613. The van der Waals surface area contributed by atoms with Crippen LogP contribution in [0.2, 0.25) is 0 Å². The molecule has 0 aromatic carbocycles. The average Bonchev–Trinajstić information content (AvgIpc) is 1.88. The van der Waals surface area contributed by atoms with E-state index in [4.69, 9.17) is 5.73 Å². The molecule has 10 heavy (non-hydrogen) atoms. The van der Waals surface area contributed by atoms with E-state index in [-0.39, 0.29) is 0 Å². The van der Waals surface area contributed by atoms with Crippen LogP contribution in [0.3, 0.4) is 0 Å².